The molecule has 15 heavy (non-hydrogen) atoms. The van der Waals surface area contributed by atoms with E-state index in [1.54, 1.807) is 7.11 Å². The first-order valence-electron chi connectivity index (χ1n) is 5.15. The molecule has 0 aromatic rings. The van der Waals surface area contributed by atoms with Crippen LogP contribution in [0.3, 0.4) is 0 Å². The summed E-state index contributed by atoms with van der Waals surface area (Å²) in [5.41, 5.74) is 0. The van der Waals surface area contributed by atoms with Crippen molar-refractivity contribution in [1.82, 2.24) is 10.2 Å². The number of hydrogen-bond acceptors (Lipinski definition) is 4. The lowest BCUT2D eigenvalue weighted by atomic mass is 10.4. The van der Waals surface area contributed by atoms with E-state index in [0.29, 0.717) is 19.8 Å². The molecular formula is C10H22N2O3. The van der Waals surface area contributed by atoms with Crippen LogP contribution in [0.25, 0.3) is 0 Å². The number of ether oxygens (including phenoxy) is 2. The fraction of sp³-hybridized carbons (Fsp3) is 0.900. The highest BCUT2D eigenvalue weighted by atomic mass is 16.5. The summed E-state index contributed by atoms with van der Waals surface area (Å²) in [5.74, 6) is -0.0649. The van der Waals surface area contributed by atoms with Crippen molar-refractivity contribution in [3.63, 3.8) is 0 Å². The lowest BCUT2D eigenvalue weighted by molar-refractivity contribution is -0.126. The fourth-order valence-electron chi connectivity index (χ4n) is 0.981. The molecule has 0 rings (SSSR count). The quantitative estimate of drug-likeness (QED) is 0.541. The molecule has 5 nitrogen and oxygen atoms in total. The number of nitrogens with zero attached hydrogens (tertiary/aromatic N) is 1. The second-order valence-corrected chi connectivity index (χ2v) is 3.55. The Morgan fingerprint density at radius 3 is 2.67 bits per heavy atom. The number of rotatable bonds is 9. The Hall–Kier alpha value is -0.650. The van der Waals surface area contributed by atoms with Crippen LogP contribution in [0.2, 0.25) is 0 Å². The molecule has 0 saturated heterocycles. The summed E-state index contributed by atoms with van der Waals surface area (Å²) >= 11 is 0. The number of amides is 1. The van der Waals surface area contributed by atoms with Crippen molar-refractivity contribution in [2.24, 2.45) is 0 Å². The minimum absolute atomic E-state index is 0.0649. The van der Waals surface area contributed by atoms with Crippen molar-refractivity contribution in [2.45, 2.75) is 6.42 Å². The molecule has 0 bridgehead atoms. The largest absolute Gasteiger partial charge is 0.382 e. The first-order valence-corrected chi connectivity index (χ1v) is 5.15. The number of hydrogen-bond donors (Lipinski definition) is 1. The molecule has 5 heteroatoms. The summed E-state index contributed by atoms with van der Waals surface area (Å²) < 4.78 is 9.85. The minimum Gasteiger partial charge on any atom is -0.382 e. The van der Waals surface area contributed by atoms with Gasteiger partial charge in [0.1, 0.15) is 6.61 Å². The van der Waals surface area contributed by atoms with Gasteiger partial charge in [-0.15, -0.1) is 0 Å². The van der Waals surface area contributed by atoms with Gasteiger partial charge in [-0.05, 0) is 27.1 Å². The number of methoxy groups -OCH3 is 1. The highest BCUT2D eigenvalue weighted by Gasteiger charge is 2.00. The minimum atomic E-state index is -0.0649. The molecule has 0 aromatic heterocycles. The summed E-state index contributed by atoms with van der Waals surface area (Å²) in [6.45, 7) is 2.77. The van der Waals surface area contributed by atoms with Crippen molar-refractivity contribution in [3.05, 3.63) is 0 Å². The second-order valence-electron chi connectivity index (χ2n) is 3.55. The van der Waals surface area contributed by atoms with E-state index in [-0.39, 0.29) is 12.5 Å². The van der Waals surface area contributed by atoms with Crippen LogP contribution in [-0.4, -0.2) is 64.9 Å². The van der Waals surface area contributed by atoms with Gasteiger partial charge in [0.25, 0.3) is 0 Å². The average molecular weight is 218 g/mol. The van der Waals surface area contributed by atoms with Crippen LogP contribution in [0.1, 0.15) is 6.42 Å². The molecule has 0 aliphatic rings. The second kappa shape index (κ2) is 9.89. The molecule has 0 saturated carbocycles. The van der Waals surface area contributed by atoms with Crippen LogP contribution in [0, 0.1) is 0 Å². The third-order valence-corrected chi connectivity index (χ3v) is 1.77. The van der Waals surface area contributed by atoms with Crippen molar-refractivity contribution < 1.29 is 14.3 Å². The van der Waals surface area contributed by atoms with Crippen molar-refractivity contribution in [2.75, 3.05) is 54.1 Å². The van der Waals surface area contributed by atoms with Gasteiger partial charge in [-0.25, -0.2) is 0 Å². The molecule has 0 aliphatic heterocycles. The third-order valence-electron chi connectivity index (χ3n) is 1.77. The zero-order valence-corrected chi connectivity index (χ0v) is 9.91. The predicted octanol–water partition coefficient (Wildman–Crippen LogP) is -0.283. The standard InChI is InChI=1S/C10H22N2O3/c1-12(2)6-4-5-11-10(13)9-15-8-7-14-3/h4-9H2,1-3H3,(H,11,13). The zero-order valence-electron chi connectivity index (χ0n) is 9.91. The Morgan fingerprint density at radius 1 is 1.33 bits per heavy atom. The van der Waals surface area contributed by atoms with Gasteiger partial charge in [-0.2, -0.15) is 0 Å². The normalized spacial score (nSPS) is 10.7. The molecule has 90 valence electrons. The van der Waals surface area contributed by atoms with Crippen LogP contribution in [-0.2, 0) is 14.3 Å². The molecule has 0 heterocycles. The highest BCUT2D eigenvalue weighted by molar-refractivity contribution is 5.77. The molecule has 0 unspecified atom stereocenters. The predicted molar refractivity (Wildman–Crippen MR) is 58.9 cm³/mol. The van der Waals surface area contributed by atoms with E-state index in [1.807, 2.05) is 14.1 Å². The molecule has 0 spiro atoms. The van der Waals surface area contributed by atoms with Crippen LogP contribution >= 0.6 is 0 Å². The van der Waals surface area contributed by atoms with Gasteiger partial charge in [-0.3, -0.25) is 4.79 Å². The SMILES string of the molecule is COCCOCC(=O)NCCCN(C)C. The molecule has 0 aliphatic carbocycles. The zero-order chi connectivity index (χ0) is 11.5. The van der Waals surface area contributed by atoms with E-state index in [2.05, 4.69) is 10.2 Å². The number of carbonyl (C=O) groups is 1. The molecule has 0 radical (unpaired) electrons. The fourth-order valence-corrected chi connectivity index (χ4v) is 0.981. The summed E-state index contributed by atoms with van der Waals surface area (Å²) in [5, 5.41) is 2.78. The molecule has 1 N–H and O–H groups in total. The Labute approximate surface area is 91.7 Å². The van der Waals surface area contributed by atoms with Crippen LogP contribution in [0.15, 0.2) is 0 Å². The Kier molecular flexibility index (Phi) is 9.46. The monoisotopic (exact) mass is 218 g/mol. The van der Waals surface area contributed by atoms with Crippen LogP contribution in [0.4, 0.5) is 0 Å². The number of carbonyl (C=O) groups excluding carboxylic acids is 1. The van der Waals surface area contributed by atoms with Gasteiger partial charge in [0, 0.05) is 13.7 Å². The first-order chi connectivity index (χ1) is 7.16. The molecule has 0 aromatic carbocycles. The van der Waals surface area contributed by atoms with E-state index in [1.165, 1.54) is 0 Å². The summed E-state index contributed by atoms with van der Waals surface area (Å²) in [6.07, 6.45) is 0.955. The van der Waals surface area contributed by atoms with Crippen molar-refractivity contribution in [1.29, 1.82) is 0 Å². The number of nitrogens with one attached hydrogen (secondary N) is 1. The van der Waals surface area contributed by atoms with E-state index >= 15 is 0 Å². The van der Waals surface area contributed by atoms with Crippen LogP contribution in [0.5, 0.6) is 0 Å². The maximum atomic E-state index is 11.2. The molecule has 0 atom stereocenters. The van der Waals surface area contributed by atoms with E-state index < -0.39 is 0 Å². The average Bonchev–Trinajstić information content (AvgIpc) is 2.19. The smallest absolute Gasteiger partial charge is 0.246 e. The molecule has 0 fully saturated rings. The summed E-state index contributed by atoms with van der Waals surface area (Å²) in [4.78, 5) is 13.2. The van der Waals surface area contributed by atoms with E-state index in [0.717, 1.165) is 13.0 Å². The van der Waals surface area contributed by atoms with Gasteiger partial charge in [0.15, 0.2) is 0 Å². The third kappa shape index (κ3) is 11.3. The summed E-state index contributed by atoms with van der Waals surface area (Å²) in [6, 6.07) is 0. The van der Waals surface area contributed by atoms with Gasteiger partial charge in [0.05, 0.1) is 13.2 Å². The Morgan fingerprint density at radius 2 is 2.07 bits per heavy atom. The van der Waals surface area contributed by atoms with E-state index in [9.17, 15) is 4.79 Å². The highest BCUT2D eigenvalue weighted by Crippen LogP contribution is 1.82. The Balaban J connectivity index is 3.19. The Bertz CT molecular complexity index is 163. The van der Waals surface area contributed by atoms with Crippen molar-refractivity contribution in [3.8, 4) is 0 Å². The maximum Gasteiger partial charge on any atom is 0.246 e. The van der Waals surface area contributed by atoms with Gasteiger partial charge < -0.3 is 19.7 Å². The first kappa shape index (κ1) is 14.3. The molecule has 1 amide bonds. The lowest BCUT2D eigenvalue weighted by Crippen LogP contribution is -2.30. The topological polar surface area (TPSA) is 50.8 Å². The van der Waals surface area contributed by atoms with Gasteiger partial charge >= 0.3 is 0 Å². The molecular weight excluding hydrogens is 196 g/mol. The van der Waals surface area contributed by atoms with Crippen molar-refractivity contribution >= 4 is 5.91 Å². The maximum absolute atomic E-state index is 11.2. The van der Waals surface area contributed by atoms with Gasteiger partial charge in [0.2, 0.25) is 5.91 Å². The van der Waals surface area contributed by atoms with E-state index in [4.69, 9.17) is 9.47 Å². The van der Waals surface area contributed by atoms with Crippen LogP contribution < -0.4 is 5.32 Å². The summed E-state index contributed by atoms with van der Waals surface area (Å²) in [7, 11) is 5.62. The van der Waals surface area contributed by atoms with Gasteiger partial charge in [-0.1, -0.05) is 0 Å². The lowest BCUT2D eigenvalue weighted by Gasteiger charge is -2.09.